The molecule has 0 spiro atoms. The summed E-state index contributed by atoms with van der Waals surface area (Å²) in [6.45, 7) is 2.85. The van der Waals surface area contributed by atoms with Crippen molar-refractivity contribution in [2.24, 2.45) is 0 Å². The van der Waals surface area contributed by atoms with Gasteiger partial charge in [-0.1, -0.05) is 25.5 Å². The van der Waals surface area contributed by atoms with E-state index >= 15 is 0 Å². The van der Waals surface area contributed by atoms with E-state index in [0.29, 0.717) is 12.1 Å². The van der Waals surface area contributed by atoms with Gasteiger partial charge in [-0.2, -0.15) is 0 Å². The fourth-order valence-corrected chi connectivity index (χ4v) is 2.67. The Bertz CT molecular complexity index is 822. The molecule has 0 aliphatic rings. The molecule has 2 aromatic heterocycles. The summed E-state index contributed by atoms with van der Waals surface area (Å²) in [6.07, 6.45) is 6.70. The number of carboxylic acid groups (broad SMARTS) is 1. The second-order valence-corrected chi connectivity index (χ2v) is 5.58. The molecule has 0 amide bonds. The van der Waals surface area contributed by atoms with Gasteiger partial charge < -0.3 is 9.67 Å². The van der Waals surface area contributed by atoms with Crippen molar-refractivity contribution >= 4 is 17.0 Å². The highest BCUT2D eigenvalue weighted by Gasteiger charge is 2.11. The summed E-state index contributed by atoms with van der Waals surface area (Å²) >= 11 is 0. The molecule has 23 heavy (non-hydrogen) atoms. The molecule has 0 saturated carbocycles. The number of benzene rings is 1. The van der Waals surface area contributed by atoms with Crippen LogP contribution in [0.25, 0.3) is 11.0 Å². The lowest BCUT2D eigenvalue weighted by Gasteiger charge is -2.09. The first kappa shape index (κ1) is 15.2. The van der Waals surface area contributed by atoms with Gasteiger partial charge in [-0.3, -0.25) is 4.98 Å². The zero-order valence-corrected chi connectivity index (χ0v) is 13.1. The van der Waals surface area contributed by atoms with Gasteiger partial charge >= 0.3 is 5.97 Å². The highest BCUT2D eigenvalue weighted by atomic mass is 16.4. The predicted molar refractivity (Wildman–Crippen MR) is 88.6 cm³/mol. The van der Waals surface area contributed by atoms with Crippen LogP contribution >= 0.6 is 0 Å². The second kappa shape index (κ2) is 6.60. The van der Waals surface area contributed by atoms with Crippen LogP contribution in [-0.2, 0) is 13.0 Å². The number of nitrogens with zero attached hydrogens (tertiary/aromatic N) is 3. The average molecular weight is 309 g/mol. The van der Waals surface area contributed by atoms with Gasteiger partial charge in [0, 0.05) is 19.2 Å². The molecule has 1 aromatic carbocycles. The zero-order valence-electron chi connectivity index (χ0n) is 13.1. The lowest BCUT2D eigenvalue weighted by Crippen LogP contribution is -2.06. The molecule has 0 radical (unpaired) electrons. The molecule has 3 aromatic rings. The van der Waals surface area contributed by atoms with E-state index in [9.17, 15) is 4.79 Å². The van der Waals surface area contributed by atoms with E-state index in [0.717, 1.165) is 41.7 Å². The maximum Gasteiger partial charge on any atom is 0.335 e. The van der Waals surface area contributed by atoms with Gasteiger partial charge in [0.05, 0.1) is 17.3 Å². The van der Waals surface area contributed by atoms with Gasteiger partial charge in [0.1, 0.15) is 11.3 Å². The first-order valence-electron chi connectivity index (χ1n) is 7.80. The Kier molecular flexibility index (Phi) is 4.37. The number of pyridine rings is 1. The number of hydrogen-bond acceptors (Lipinski definition) is 3. The second-order valence-electron chi connectivity index (χ2n) is 5.58. The molecule has 1 N–H and O–H groups in total. The van der Waals surface area contributed by atoms with E-state index in [1.165, 1.54) is 0 Å². The molecule has 2 heterocycles. The summed E-state index contributed by atoms with van der Waals surface area (Å²) in [7, 11) is 0. The fourth-order valence-electron chi connectivity index (χ4n) is 2.67. The summed E-state index contributed by atoms with van der Waals surface area (Å²) in [6, 6.07) is 8.98. The van der Waals surface area contributed by atoms with Gasteiger partial charge in [-0.15, -0.1) is 0 Å². The molecular weight excluding hydrogens is 290 g/mol. The number of imidazole rings is 1. The van der Waals surface area contributed by atoms with Gasteiger partial charge in [0.15, 0.2) is 0 Å². The smallest absolute Gasteiger partial charge is 0.335 e. The van der Waals surface area contributed by atoms with Crippen molar-refractivity contribution in [2.45, 2.75) is 32.7 Å². The van der Waals surface area contributed by atoms with Crippen molar-refractivity contribution in [2.75, 3.05) is 0 Å². The maximum absolute atomic E-state index is 11.0. The minimum atomic E-state index is -0.903. The standard InChI is InChI=1S/C18H19N3O2/c1-2-3-4-17-20-15-11-19-10-9-16(15)21(17)12-13-5-7-14(8-6-13)18(22)23/h5-11H,2-4,12H2,1H3,(H,22,23). The lowest BCUT2D eigenvalue weighted by atomic mass is 10.1. The number of aromatic nitrogens is 3. The third-order valence-electron chi connectivity index (χ3n) is 3.93. The van der Waals surface area contributed by atoms with Gasteiger partial charge in [-0.05, 0) is 30.2 Å². The number of aromatic carboxylic acids is 1. The van der Waals surface area contributed by atoms with Gasteiger partial charge in [0.2, 0.25) is 0 Å². The quantitative estimate of drug-likeness (QED) is 0.756. The molecule has 0 saturated heterocycles. The van der Waals surface area contributed by atoms with Crippen molar-refractivity contribution in [3.63, 3.8) is 0 Å². The maximum atomic E-state index is 11.0. The third-order valence-corrected chi connectivity index (χ3v) is 3.93. The van der Waals surface area contributed by atoms with Crippen LogP contribution in [0.4, 0.5) is 0 Å². The van der Waals surface area contributed by atoms with Crippen molar-refractivity contribution in [1.82, 2.24) is 14.5 Å². The molecule has 0 aliphatic carbocycles. The summed E-state index contributed by atoms with van der Waals surface area (Å²) in [5.41, 5.74) is 3.33. The number of fused-ring (bicyclic) bond motifs is 1. The lowest BCUT2D eigenvalue weighted by molar-refractivity contribution is 0.0697. The Morgan fingerprint density at radius 2 is 2.00 bits per heavy atom. The van der Waals surface area contributed by atoms with Crippen LogP contribution in [0.2, 0.25) is 0 Å². The zero-order chi connectivity index (χ0) is 16.2. The predicted octanol–water partition coefficient (Wildman–Crippen LogP) is 3.52. The SMILES string of the molecule is CCCCc1nc2cnccc2n1Cc1ccc(C(=O)O)cc1. The Morgan fingerprint density at radius 3 is 2.70 bits per heavy atom. The fraction of sp³-hybridized carbons (Fsp3) is 0.278. The van der Waals surface area contributed by atoms with E-state index in [2.05, 4.69) is 16.5 Å². The Hall–Kier alpha value is -2.69. The summed E-state index contributed by atoms with van der Waals surface area (Å²) in [4.78, 5) is 19.8. The van der Waals surface area contributed by atoms with Crippen molar-refractivity contribution in [3.05, 3.63) is 59.7 Å². The van der Waals surface area contributed by atoms with Gasteiger partial charge in [-0.25, -0.2) is 9.78 Å². The minimum Gasteiger partial charge on any atom is -0.478 e. The Labute approximate surface area is 134 Å². The van der Waals surface area contributed by atoms with Crippen LogP contribution in [0.15, 0.2) is 42.7 Å². The van der Waals surface area contributed by atoms with Crippen molar-refractivity contribution in [1.29, 1.82) is 0 Å². The molecule has 0 unspecified atom stereocenters. The van der Waals surface area contributed by atoms with Gasteiger partial charge in [0.25, 0.3) is 0 Å². The van der Waals surface area contributed by atoms with E-state index in [1.54, 1.807) is 24.5 Å². The molecule has 0 atom stereocenters. The Balaban J connectivity index is 1.95. The molecule has 0 fully saturated rings. The first-order valence-corrected chi connectivity index (χ1v) is 7.80. The van der Waals surface area contributed by atoms with E-state index in [4.69, 9.17) is 10.1 Å². The summed E-state index contributed by atoms with van der Waals surface area (Å²) in [5, 5.41) is 8.99. The Morgan fingerprint density at radius 1 is 1.22 bits per heavy atom. The molecule has 0 bridgehead atoms. The molecule has 5 heteroatoms. The normalized spacial score (nSPS) is 11.0. The number of rotatable bonds is 6. The molecule has 118 valence electrons. The molecular formula is C18H19N3O2. The van der Waals surface area contributed by atoms with E-state index < -0.39 is 5.97 Å². The number of aryl methyl sites for hydroxylation is 1. The highest BCUT2D eigenvalue weighted by molar-refractivity contribution is 5.87. The largest absolute Gasteiger partial charge is 0.478 e. The van der Waals surface area contributed by atoms with Crippen LogP contribution in [-0.4, -0.2) is 25.6 Å². The third kappa shape index (κ3) is 3.23. The summed E-state index contributed by atoms with van der Waals surface area (Å²) in [5.74, 6) is 0.150. The molecule has 5 nitrogen and oxygen atoms in total. The van der Waals surface area contributed by atoms with E-state index in [1.807, 2.05) is 18.2 Å². The molecule has 0 aliphatic heterocycles. The highest BCUT2D eigenvalue weighted by Crippen LogP contribution is 2.19. The molecule has 3 rings (SSSR count). The summed E-state index contributed by atoms with van der Waals surface area (Å²) < 4.78 is 2.20. The van der Waals surface area contributed by atoms with Crippen LogP contribution in [0, 0.1) is 0 Å². The first-order chi connectivity index (χ1) is 11.2. The number of unbranched alkanes of at least 4 members (excludes halogenated alkanes) is 1. The van der Waals surface area contributed by atoms with Crippen LogP contribution in [0.3, 0.4) is 0 Å². The number of hydrogen-bond donors (Lipinski definition) is 1. The topological polar surface area (TPSA) is 68.0 Å². The number of carboxylic acids is 1. The number of carbonyl (C=O) groups is 1. The monoisotopic (exact) mass is 309 g/mol. The van der Waals surface area contributed by atoms with Crippen LogP contribution in [0.1, 0.15) is 41.5 Å². The average Bonchev–Trinajstić information content (AvgIpc) is 2.91. The van der Waals surface area contributed by atoms with Crippen molar-refractivity contribution in [3.8, 4) is 0 Å². The van der Waals surface area contributed by atoms with Crippen LogP contribution in [0.5, 0.6) is 0 Å². The minimum absolute atomic E-state index is 0.305. The van der Waals surface area contributed by atoms with E-state index in [-0.39, 0.29) is 0 Å². The van der Waals surface area contributed by atoms with Crippen molar-refractivity contribution < 1.29 is 9.90 Å². The van der Waals surface area contributed by atoms with Crippen LogP contribution < -0.4 is 0 Å².